The number of carbonyl (C=O) groups excluding carboxylic acids is 1. The highest BCUT2D eigenvalue weighted by molar-refractivity contribution is 5.79. The molecule has 0 bridgehead atoms. The fraction of sp³-hybridized carbons (Fsp3) is 0.889. The third kappa shape index (κ3) is 9.63. The Bertz CT molecular complexity index is 91.6. The van der Waals surface area contributed by atoms with Crippen molar-refractivity contribution in [2.45, 2.75) is 34.1 Å². The number of Topliss-reactive ketones (excluding diaryl/α,β-unsaturated/α-hetero) is 1. The minimum atomic E-state index is 0.319. The van der Waals surface area contributed by atoms with Crippen molar-refractivity contribution < 1.29 is 4.79 Å². The van der Waals surface area contributed by atoms with Gasteiger partial charge in [0.15, 0.2) is 0 Å². The SMILES string of the molecule is CC.CCC(=O)CN(C)CC. The predicted molar refractivity (Wildman–Crippen MR) is 49.8 cm³/mol. The molecular formula is C9H21NO. The van der Waals surface area contributed by atoms with E-state index in [4.69, 9.17) is 0 Å². The van der Waals surface area contributed by atoms with Crippen molar-refractivity contribution in [3.8, 4) is 0 Å². The molecule has 0 amide bonds. The molecule has 0 aromatic carbocycles. The molecule has 0 rings (SSSR count). The third-order valence-electron chi connectivity index (χ3n) is 1.38. The van der Waals surface area contributed by atoms with E-state index < -0.39 is 0 Å². The molecule has 11 heavy (non-hydrogen) atoms. The van der Waals surface area contributed by atoms with Crippen LogP contribution in [-0.2, 0) is 4.79 Å². The van der Waals surface area contributed by atoms with Crippen molar-refractivity contribution >= 4 is 5.78 Å². The van der Waals surface area contributed by atoms with Gasteiger partial charge in [0.1, 0.15) is 5.78 Å². The summed E-state index contributed by atoms with van der Waals surface area (Å²) in [4.78, 5) is 12.7. The average molecular weight is 159 g/mol. The Morgan fingerprint density at radius 3 is 2.00 bits per heavy atom. The molecule has 0 aliphatic heterocycles. The van der Waals surface area contributed by atoms with Gasteiger partial charge in [-0.15, -0.1) is 0 Å². The molecule has 2 heteroatoms. The molecule has 0 N–H and O–H groups in total. The Morgan fingerprint density at radius 2 is 1.73 bits per heavy atom. The molecule has 2 nitrogen and oxygen atoms in total. The van der Waals surface area contributed by atoms with Crippen LogP contribution in [0.3, 0.4) is 0 Å². The molecule has 0 saturated carbocycles. The zero-order chi connectivity index (χ0) is 9.28. The number of likely N-dealkylation sites (N-methyl/N-ethyl adjacent to an activating group) is 1. The van der Waals surface area contributed by atoms with E-state index in [1.807, 2.05) is 39.6 Å². The molecule has 68 valence electrons. The van der Waals surface area contributed by atoms with Gasteiger partial charge < -0.3 is 0 Å². The van der Waals surface area contributed by atoms with E-state index in [0.717, 1.165) is 6.54 Å². The lowest BCUT2D eigenvalue weighted by molar-refractivity contribution is -0.119. The van der Waals surface area contributed by atoms with Crippen LogP contribution in [0.1, 0.15) is 34.1 Å². The molecule has 0 unspecified atom stereocenters. The van der Waals surface area contributed by atoms with Gasteiger partial charge in [0.25, 0.3) is 0 Å². The van der Waals surface area contributed by atoms with Gasteiger partial charge >= 0.3 is 0 Å². The number of ketones is 1. The molecular weight excluding hydrogens is 138 g/mol. The zero-order valence-corrected chi connectivity index (χ0v) is 8.48. The summed E-state index contributed by atoms with van der Waals surface area (Å²) in [6, 6.07) is 0. The Kier molecular flexibility index (Phi) is 11.6. The van der Waals surface area contributed by atoms with Gasteiger partial charge in [-0.3, -0.25) is 9.69 Å². The second kappa shape index (κ2) is 9.63. The Balaban J connectivity index is 0. The monoisotopic (exact) mass is 159 g/mol. The van der Waals surface area contributed by atoms with Crippen LogP contribution in [0, 0.1) is 0 Å². The fourth-order valence-corrected chi connectivity index (χ4v) is 0.525. The molecule has 0 fully saturated rings. The summed E-state index contributed by atoms with van der Waals surface area (Å²) >= 11 is 0. The summed E-state index contributed by atoms with van der Waals surface area (Å²) in [5, 5.41) is 0. The lowest BCUT2D eigenvalue weighted by Crippen LogP contribution is -2.24. The quantitative estimate of drug-likeness (QED) is 0.625. The van der Waals surface area contributed by atoms with E-state index in [1.54, 1.807) is 0 Å². The van der Waals surface area contributed by atoms with Crippen LogP contribution in [0.25, 0.3) is 0 Å². The Hall–Kier alpha value is -0.370. The lowest BCUT2D eigenvalue weighted by atomic mass is 10.3. The molecule has 0 saturated heterocycles. The van der Waals surface area contributed by atoms with E-state index in [-0.39, 0.29) is 0 Å². The van der Waals surface area contributed by atoms with E-state index in [1.165, 1.54) is 0 Å². The molecule has 0 aliphatic carbocycles. The smallest absolute Gasteiger partial charge is 0.146 e. The molecule has 0 atom stereocenters. The number of carbonyl (C=O) groups is 1. The summed E-state index contributed by atoms with van der Waals surface area (Å²) in [5.74, 6) is 0.319. The standard InChI is InChI=1S/C7H15NO.C2H6/c1-4-7(9)6-8(3)5-2;1-2/h4-6H2,1-3H3;1-2H3. The molecule has 0 aromatic heterocycles. The fourth-order valence-electron chi connectivity index (χ4n) is 0.525. The summed E-state index contributed by atoms with van der Waals surface area (Å²) in [6.07, 6.45) is 0.657. The highest BCUT2D eigenvalue weighted by Gasteiger charge is 1.99. The second-order valence-corrected chi connectivity index (χ2v) is 2.22. The van der Waals surface area contributed by atoms with Crippen LogP contribution >= 0.6 is 0 Å². The first-order valence-electron chi connectivity index (χ1n) is 4.41. The third-order valence-corrected chi connectivity index (χ3v) is 1.38. The highest BCUT2D eigenvalue weighted by Crippen LogP contribution is 1.85. The first-order valence-corrected chi connectivity index (χ1v) is 4.41. The van der Waals surface area contributed by atoms with Crippen LogP contribution in [0.15, 0.2) is 0 Å². The Labute approximate surface area is 70.6 Å². The molecule has 0 aromatic rings. The average Bonchev–Trinajstić information content (AvgIpc) is 2.07. The van der Waals surface area contributed by atoms with E-state index in [9.17, 15) is 4.79 Å². The normalized spacial score (nSPS) is 8.91. The topological polar surface area (TPSA) is 20.3 Å². The van der Waals surface area contributed by atoms with Crippen LogP contribution < -0.4 is 0 Å². The Morgan fingerprint density at radius 1 is 1.27 bits per heavy atom. The van der Waals surface area contributed by atoms with Crippen molar-refractivity contribution in [3.63, 3.8) is 0 Å². The molecule has 0 radical (unpaired) electrons. The summed E-state index contributed by atoms with van der Waals surface area (Å²) in [5.41, 5.74) is 0. The number of nitrogens with zero attached hydrogens (tertiary/aromatic N) is 1. The largest absolute Gasteiger partial charge is 0.299 e. The predicted octanol–water partition coefficient (Wildman–Crippen LogP) is 1.94. The minimum absolute atomic E-state index is 0.319. The number of hydrogen-bond donors (Lipinski definition) is 0. The van der Waals surface area contributed by atoms with Crippen LogP contribution in [-0.4, -0.2) is 30.8 Å². The second-order valence-electron chi connectivity index (χ2n) is 2.22. The van der Waals surface area contributed by atoms with Crippen molar-refractivity contribution in [1.29, 1.82) is 0 Å². The van der Waals surface area contributed by atoms with Crippen LogP contribution in [0.5, 0.6) is 0 Å². The van der Waals surface area contributed by atoms with Crippen LogP contribution in [0.4, 0.5) is 0 Å². The lowest BCUT2D eigenvalue weighted by Gasteiger charge is -2.10. The highest BCUT2D eigenvalue weighted by atomic mass is 16.1. The maximum atomic E-state index is 10.7. The summed E-state index contributed by atoms with van der Waals surface area (Å²) < 4.78 is 0. The van der Waals surface area contributed by atoms with Gasteiger partial charge in [-0.25, -0.2) is 0 Å². The molecule has 0 spiro atoms. The van der Waals surface area contributed by atoms with Crippen LogP contribution in [0.2, 0.25) is 0 Å². The van der Waals surface area contributed by atoms with Crippen molar-refractivity contribution in [2.24, 2.45) is 0 Å². The van der Waals surface area contributed by atoms with Gasteiger partial charge in [-0.05, 0) is 13.6 Å². The molecule has 0 heterocycles. The van der Waals surface area contributed by atoms with Gasteiger partial charge in [0.2, 0.25) is 0 Å². The summed E-state index contributed by atoms with van der Waals surface area (Å²) in [6.45, 7) is 9.49. The zero-order valence-electron chi connectivity index (χ0n) is 8.48. The number of rotatable bonds is 4. The minimum Gasteiger partial charge on any atom is -0.299 e. The maximum absolute atomic E-state index is 10.7. The van der Waals surface area contributed by atoms with Gasteiger partial charge in [0, 0.05) is 6.42 Å². The number of hydrogen-bond acceptors (Lipinski definition) is 2. The summed E-state index contributed by atoms with van der Waals surface area (Å²) in [7, 11) is 1.95. The van der Waals surface area contributed by atoms with E-state index >= 15 is 0 Å². The van der Waals surface area contributed by atoms with E-state index in [2.05, 4.69) is 0 Å². The van der Waals surface area contributed by atoms with Crippen molar-refractivity contribution in [3.05, 3.63) is 0 Å². The van der Waals surface area contributed by atoms with Crippen molar-refractivity contribution in [1.82, 2.24) is 4.90 Å². The van der Waals surface area contributed by atoms with E-state index in [0.29, 0.717) is 18.7 Å². The van der Waals surface area contributed by atoms with Gasteiger partial charge in [-0.2, -0.15) is 0 Å². The van der Waals surface area contributed by atoms with Gasteiger partial charge in [0.05, 0.1) is 6.54 Å². The van der Waals surface area contributed by atoms with Gasteiger partial charge in [-0.1, -0.05) is 27.7 Å². The first-order chi connectivity index (χ1) is 5.20. The maximum Gasteiger partial charge on any atom is 0.146 e. The molecule has 0 aliphatic rings. The first kappa shape index (κ1) is 13.2. The van der Waals surface area contributed by atoms with Crippen molar-refractivity contribution in [2.75, 3.05) is 20.1 Å².